The van der Waals surface area contributed by atoms with Crippen molar-refractivity contribution in [1.82, 2.24) is 0 Å². The third-order valence-electron chi connectivity index (χ3n) is 7.39. The van der Waals surface area contributed by atoms with Crippen molar-refractivity contribution in [3.8, 4) is 23.0 Å². The van der Waals surface area contributed by atoms with Gasteiger partial charge in [0.25, 0.3) is 11.8 Å². The molecule has 0 saturated heterocycles. The number of carbonyl (C=O) groups is 2. The SMILES string of the molecule is O=C(Nc1cccc2c(NC(=O)c3ccccc3OCCOc3ccccc3)cccc12)c1ccccc1OCCOc1ccccc1. The maximum Gasteiger partial charge on any atom is 0.259 e. The smallest absolute Gasteiger partial charge is 0.259 e. The van der Waals surface area contributed by atoms with Crippen molar-refractivity contribution >= 4 is 34.0 Å². The molecular weight excluding hydrogens is 604 g/mol. The van der Waals surface area contributed by atoms with Crippen LogP contribution in [0, 0.1) is 0 Å². The van der Waals surface area contributed by atoms with E-state index in [4.69, 9.17) is 18.9 Å². The maximum absolute atomic E-state index is 13.5. The van der Waals surface area contributed by atoms with E-state index in [1.807, 2.05) is 109 Å². The fraction of sp³-hybridized carbons (Fsp3) is 0.100. The molecule has 0 aliphatic rings. The molecule has 0 unspecified atom stereocenters. The molecule has 0 saturated carbocycles. The Balaban J connectivity index is 1.11. The third-order valence-corrected chi connectivity index (χ3v) is 7.39. The lowest BCUT2D eigenvalue weighted by atomic mass is 10.1. The zero-order valence-corrected chi connectivity index (χ0v) is 26.1. The molecule has 8 nitrogen and oxygen atoms in total. The minimum absolute atomic E-state index is 0.270. The number of para-hydroxylation sites is 4. The van der Waals surface area contributed by atoms with E-state index < -0.39 is 0 Å². The minimum Gasteiger partial charge on any atom is -0.490 e. The first-order valence-corrected chi connectivity index (χ1v) is 15.6. The molecule has 48 heavy (non-hydrogen) atoms. The average molecular weight is 639 g/mol. The summed E-state index contributed by atoms with van der Waals surface area (Å²) >= 11 is 0. The molecule has 0 atom stereocenters. The van der Waals surface area contributed by atoms with Crippen molar-refractivity contribution in [2.45, 2.75) is 0 Å². The van der Waals surface area contributed by atoms with Crippen LogP contribution in [-0.2, 0) is 0 Å². The van der Waals surface area contributed by atoms with Gasteiger partial charge < -0.3 is 29.6 Å². The van der Waals surface area contributed by atoms with Crippen LogP contribution in [-0.4, -0.2) is 38.2 Å². The number of anilines is 2. The van der Waals surface area contributed by atoms with Crippen molar-refractivity contribution in [2.75, 3.05) is 37.1 Å². The molecule has 240 valence electrons. The van der Waals surface area contributed by atoms with E-state index in [-0.39, 0.29) is 25.0 Å². The van der Waals surface area contributed by atoms with Gasteiger partial charge in [0.1, 0.15) is 49.4 Å². The van der Waals surface area contributed by atoms with Gasteiger partial charge in [-0.05, 0) is 60.7 Å². The molecule has 0 heterocycles. The highest BCUT2D eigenvalue weighted by Crippen LogP contribution is 2.31. The molecule has 0 spiro atoms. The molecule has 0 radical (unpaired) electrons. The largest absolute Gasteiger partial charge is 0.490 e. The Hall–Kier alpha value is -6.28. The summed E-state index contributed by atoms with van der Waals surface area (Å²) in [5.41, 5.74) is 1.98. The molecule has 0 bridgehead atoms. The number of carbonyl (C=O) groups excluding carboxylic acids is 2. The fourth-order valence-electron chi connectivity index (χ4n) is 5.12. The first-order valence-electron chi connectivity index (χ1n) is 15.6. The quantitative estimate of drug-likeness (QED) is 0.117. The zero-order valence-electron chi connectivity index (χ0n) is 26.1. The predicted octanol–water partition coefficient (Wildman–Crippen LogP) is 8.26. The van der Waals surface area contributed by atoms with E-state index in [0.717, 1.165) is 22.3 Å². The molecule has 2 N–H and O–H groups in total. The van der Waals surface area contributed by atoms with Gasteiger partial charge in [-0.3, -0.25) is 9.59 Å². The van der Waals surface area contributed by atoms with Gasteiger partial charge >= 0.3 is 0 Å². The van der Waals surface area contributed by atoms with Gasteiger partial charge in [-0.15, -0.1) is 0 Å². The van der Waals surface area contributed by atoms with Crippen LogP contribution in [0.15, 0.2) is 146 Å². The van der Waals surface area contributed by atoms with Crippen LogP contribution < -0.4 is 29.6 Å². The molecule has 2 amide bonds. The lowest BCUT2D eigenvalue weighted by Crippen LogP contribution is -2.16. The van der Waals surface area contributed by atoms with E-state index in [1.165, 1.54) is 0 Å². The van der Waals surface area contributed by atoms with Gasteiger partial charge in [-0.25, -0.2) is 0 Å². The normalized spacial score (nSPS) is 10.6. The second-order valence-corrected chi connectivity index (χ2v) is 10.6. The molecule has 0 aromatic heterocycles. The van der Waals surface area contributed by atoms with Crippen LogP contribution in [0.1, 0.15) is 20.7 Å². The van der Waals surface area contributed by atoms with Crippen LogP contribution in [0.3, 0.4) is 0 Å². The van der Waals surface area contributed by atoms with Gasteiger partial charge in [0, 0.05) is 22.1 Å². The van der Waals surface area contributed by atoms with Crippen molar-refractivity contribution < 1.29 is 28.5 Å². The van der Waals surface area contributed by atoms with Crippen molar-refractivity contribution in [2.24, 2.45) is 0 Å². The van der Waals surface area contributed by atoms with Gasteiger partial charge in [-0.2, -0.15) is 0 Å². The Morgan fingerprint density at radius 3 is 1.21 bits per heavy atom. The van der Waals surface area contributed by atoms with Gasteiger partial charge in [0.05, 0.1) is 11.1 Å². The summed E-state index contributed by atoms with van der Waals surface area (Å²) in [6.45, 7) is 1.20. The first kappa shape index (κ1) is 31.7. The van der Waals surface area contributed by atoms with E-state index in [9.17, 15) is 9.59 Å². The second kappa shape index (κ2) is 15.8. The fourth-order valence-corrected chi connectivity index (χ4v) is 5.12. The van der Waals surface area contributed by atoms with E-state index in [1.54, 1.807) is 36.4 Å². The second-order valence-electron chi connectivity index (χ2n) is 10.6. The molecule has 0 aliphatic heterocycles. The zero-order chi connectivity index (χ0) is 33.0. The van der Waals surface area contributed by atoms with Crippen molar-refractivity contribution in [3.05, 3.63) is 157 Å². The van der Waals surface area contributed by atoms with Crippen LogP contribution in [0.5, 0.6) is 23.0 Å². The number of benzene rings is 6. The third kappa shape index (κ3) is 8.10. The molecule has 0 aliphatic carbocycles. The Morgan fingerprint density at radius 2 is 0.771 bits per heavy atom. The standard InChI is InChI=1S/C40H34N2O6/c43-39(33-17-7-9-23-37(33)47-27-25-45-29-13-3-1-4-14-29)41-35-21-11-20-32-31(35)19-12-22-36(32)42-40(44)34-18-8-10-24-38(34)48-28-26-46-30-15-5-2-6-16-30/h1-24H,25-28H2,(H,41,43)(H,42,44). The molecule has 6 rings (SSSR count). The summed E-state index contributed by atoms with van der Waals surface area (Å²) < 4.78 is 23.3. The lowest BCUT2D eigenvalue weighted by molar-refractivity contribution is 0.101. The summed E-state index contributed by atoms with van der Waals surface area (Å²) in [7, 11) is 0. The summed E-state index contributed by atoms with van der Waals surface area (Å²) in [4.78, 5) is 27.0. The molecule has 6 aromatic rings. The summed E-state index contributed by atoms with van der Waals surface area (Å²) in [6.07, 6.45) is 0. The van der Waals surface area contributed by atoms with E-state index in [0.29, 0.717) is 47.2 Å². The number of rotatable bonds is 14. The monoisotopic (exact) mass is 638 g/mol. The average Bonchev–Trinajstić information content (AvgIpc) is 3.13. The molecule has 8 heteroatoms. The number of hydrogen-bond acceptors (Lipinski definition) is 6. The highest BCUT2D eigenvalue weighted by molar-refractivity contribution is 6.15. The number of amides is 2. The van der Waals surface area contributed by atoms with E-state index >= 15 is 0 Å². The van der Waals surface area contributed by atoms with Crippen LogP contribution in [0.4, 0.5) is 11.4 Å². The molecule has 0 fully saturated rings. The molecule has 6 aromatic carbocycles. The summed E-state index contributed by atoms with van der Waals surface area (Å²) in [5, 5.41) is 7.58. The number of nitrogens with one attached hydrogen (secondary N) is 2. The van der Waals surface area contributed by atoms with Crippen LogP contribution in [0.2, 0.25) is 0 Å². The first-order chi connectivity index (χ1) is 23.7. The number of hydrogen-bond donors (Lipinski definition) is 2. The van der Waals surface area contributed by atoms with Gasteiger partial charge in [-0.1, -0.05) is 84.9 Å². The Labute approximate surface area is 278 Å². The van der Waals surface area contributed by atoms with Crippen LogP contribution in [0.25, 0.3) is 10.8 Å². The van der Waals surface area contributed by atoms with Crippen LogP contribution >= 0.6 is 0 Å². The van der Waals surface area contributed by atoms with Crippen molar-refractivity contribution in [1.29, 1.82) is 0 Å². The highest BCUT2D eigenvalue weighted by Gasteiger charge is 2.17. The Morgan fingerprint density at radius 1 is 0.396 bits per heavy atom. The highest BCUT2D eigenvalue weighted by atomic mass is 16.5. The van der Waals surface area contributed by atoms with Gasteiger partial charge in [0.15, 0.2) is 0 Å². The summed E-state index contributed by atoms with van der Waals surface area (Å²) in [5.74, 6) is 1.76. The predicted molar refractivity (Wildman–Crippen MR) is 188 cm³/mol. The number of ether oxygens (including phenoxy) is 4. The Kier molecular flexibility index (Phi) is 10.4. The molecular formula is C40H34N2O6. The Bertz CT molecular complexity index is 1840. The summed E-state index contributed by atoms with van der Waals surface area (Å²) in [6, 6.07) is 44.2. The van der Waals surface area contributed by atoms with Gasteiger partial charge in [0.2, 0.25) is 0 Å². The lowest BCUT2D eigenvalue weighted by Gasteiger charge is -2.15. The minimum atomic E-state index is -0.321. The van der Waals surface area contributed by atoms with E-state index in [2.05, 4.69) is 10.6 Å². The number of fused-ring (bicyclic) bond motifs is 1. The van der Waals surface area contributed by atoms with Crippen molar-refractivity contribution in [3.63, 3.8) is 0 Å². The topological polar surface area (TPSA) is 95.1 Å². The maximum atomic E-state index is 13.5.